The third kappa shape index (κ3) is 3.77. The highest BCUT2D eigenvalue weighted by Crippen LogP contribution is 2.27. The number of rotatable bonds is 2. The van der Waals surface area contributed by atoms with E-state index in [0.29, 0.717) is 6.04 Å². The summed E-state index contributed by atoms with van der Waals surface area (Å²) in [6.07, 6.45) is 4.91. The number of halogens is 2. The van der Waals surface area contributed by atoms with Crippen LogP contribution in [0.1, 0.15) is 41.6 Å². The lowest BCUT2D eigenvalue weighted by molar-refractivity contribution is 0.0673. The Labute approximate surface area is 152 Å². The van der Waals surface area contributed by atoms with Gasteiger partial charge in [0.15, 0.2) is 0 Å². The summed E-state index contributed by atoms with van der Waals surface area (Å²) >= 11 is 2.29. The van der Waals surface area contributed by atoms with Gasteiger partial charge in [0, 0.05) is 22.7 Å². The number of nitrogens with one attached hydrogen (secondary N) is 1. The number of amides is 1. The maximum absolute atomic E-state index is 12.7. The van der Waals surface area contributed by atoms with E-state index in [-0.39, 0.29) is 18.3 Å². The van der Waals surface area contributed by atoms with Crippen LogP contribution in [0.15, 0.2) is 18.2 Å². The van der Waals surface area contributed by atoms with Gasteiger partial charge in [-0.1, -0.05) is 12.1 Å². The Balaban J connectivity index is 0.00000176. The standard InChI is InChI=1S/C17H23IN2O.ClH/c1-12-4-2-5-14(16(12)18)17(21)20-10-7-13(8-11-20)15-6-3-9-19-15;/h2,4-5,13,15,19H,3,6-11H2,1H3;1H. The maximum atomic E-state index is 12.7. The van der Waals surface area contributed by atoms with Crippen LogP contribution in [0.4, 0.5) is 0 Å². The van der Waals surface area contributed by atoms with Crippen molar-refractivity contribution in [1.82, 2.24) is 10.2 Å². The largest absolute Gasteiger partial charge is 0.339 e. The smallest absolute Gasteiger partial charge is 0.254 e. The predicted molar refractivity (Wildman–Crippen MR) is 101 cm³/mol. The van der Waals surface area contributed by atoms with Crippen molar-refractivity contribution in [2.24, 2.45) is 5.92 Å². The minimum Gasteiger partial charge on any atom is -0.339 e. The first kappa shape index (κ1) is 18.0. The predicted octanol–water partition coefficient (Wildman–Crippen LogP) is 3.63. The molecule has 1 atom stereocenters. The van der Waals surface area contributed by atoms with Gasteiger partial charge in [0.25, 0.3) is 5.91 Å². The van der Waals surface area contributed by atoms with Gasteiger partial charge >= 0.3 is 0 Å². The molecule has 0 saturated carbocycles. The highest BCUT2D eigenvalue weighted by atomic mass is 127. The van der Waals surface area contributed by atoms with Gasteiger partial charge in [-0.15, -0.1) is 12.4 Å². The molecule has 0 radical (unpaired) electrons. The zero-order chi connectivity index (χ0) is 14.8. The average molecular weight is 435 g/mol. The van der Waals surface area contributed by atoms with Gasteiger partial charge in [0.2, 0.25) is 0 Å². The Kier molecular flexibility index (Phi) is 6.53. The van der Waals surface area contributed by atoms with Gasteiger partial charge in [-0.2, -0.15) is 0 Å². The first-order valence-electron chi connectivity index (χ1n) is 7.94. The topological polar surface area (TPSA) is 32.3 Å². The number of carbonyl (C=O) groups is 1. The van der Waals surface area contributed by atoms with Gasteiger partial charge in [0.1, 0.15) is 0 Å². The fourth-order valence-corrected chi connectivity index (χ4v) is 4.19. The van der Waals surface area contributed by atoms with Crippen molar-refractivity contribution in [1.29, 1.82) is 0 Å². The molecule has 2 saturated heterocycles. The number of carbonyl (C=O) groups excluding carboxylic acids is 1. The molecule has 0 aromatic heterocycles. The first-order valence-corrected chi connectivity index (χ1v) is 9.02. The second-order valence-corrected chi connectivity index (χ2v) is 7.35. The number of nitrogens with zero attached hydrogens (tertiary/aromatic N) is 1. The maximum Gasteiger partial charge on any atom is 0.254 e. The van der Waals surface area contributed by atoms with Gasteiger partial charge in [-0.3, -0.25) is 4.79 Å². The van der Waals surface area contributed by atoms with Crippen molar-refractivity contribution in [3.8, 4) is 0 Å². The van der Waals surface area contributed by atoms with E-state index in [2.05, 4.69) is 40.9 Å². The minimum absolute atomic E-state index is 0. The molecule has 0 spiro atoms. The second-order valence-electron chi connectivity index (χ2n) is 6.27. The molecule has 0 bridgehead atoms. The van der Waals surface area contributed by atoms with Gasteiger partial charge in [0.05, 0.1) is 5.56 Å². The van der Waals surface area contributed by atoms with Gasteiger partial charge in [-0.05, 0) is 79.3 Å². The highest BCUT2D eigenvalue weighted by molar-refractivity contribution is 14.1. The molecule has 1 aromatic rings. The molecule has 2 heterocycles. The van der Waals surface area contributed by atoms with E-state index in [1.165, 1.54) is 24.9 Å². The van der Waals surface area contributed by atoms with Crippen LogP contribution in [0, 0.1) is 16.4 Å². The van der Waals surface area contributed by atoms with Crippen molar-refractivity contribution in [2.45, 2.75) is 38.6 Å². The number of likely N-dealkylation sites (tertiary alicyclic amines) is 1. The molecule has 2 aliphatic heterocycles. The second kappa shape index (κ2) is 7.97. The zero-order valence-electron chi connectivity index (χ0n) is 13.0. The van der Waals surface area contributed by atoms with Crippen LogP contribution in [0.25, 0.3) is 0 Å². The van der Waals surface area contributed by atoms with Crippen molar-refractivity contribution < 1.29 is 4.79 Å². The van der Waals surface area contributed by atoms with Crippen LogP contribution >= 0.6 is 35.0 Å². The molecule has 1 N–H and O–H groups in total. The molecule has 3 rings (SSSR count). The van der Waals surface area contributed by atoms with Crippen molar-refractivity contribution >= 4 is 40.9 Å². The van der Waals surface area contributed by atoms with E-state index < -0.39 is 0 Å². The van der Waals surface area contributed by atoms with Crippen LogP contribution in [0.2, 0.25) is 0 Å². The molecule has 122 valence electrons. The fraction of sp³-hybridized carbons (Fsp3) is 0.588. The molecule has 5 heteroatoms. The Morgan fingerprint density at radius 2 is 2.00 bits per heavy atom. The number of hydrogen-bond acceptors (Lipinski definition) is 2. The molecule has 22 heavy (non-hydrogen) atoms. The van der Waals surface area contributed by atoms with E-state index in [4.69, 9.17) is 0 Å². The summed E-state index contributed by atoms with van der Waals surface area (Å²) in [7, 11) is 0. The summed E-state index contributed by atoms with van der Waals surface area (Å²) in [6.45, 7) is 5.05. The fourth-order valence-electron chi connectivity index (χ4n) is 3.60. The molecule has 2 fully saturated rings. The van der Waals surface area contributed by atoms with E-state index in [0.717, 1.165) is 41.0 Å². The van der Waals surface area contributed by atoms with Crippen molar-refractivity contribution in [2.75, 3.05) is 19.6 Å². The molecular weight excluding hydrogens is 411 g/mol. The Morgan fingerprint density at radius 1 is 1.27 bits per heavy atom. The van der Waals surface area contributed by atoms with Gasteiger partial charge in [-0.25, -0.2) is 0 Å². The van der Waals surface area contributed by atoms with Crippen LogP contribution < -0.4 is 5.32 Å². The third-order valence-electron chi connectivity index (χ3n) is 4.92. The summed E-state index contributed by atoms with van der Waals surface area (Å²) in [6, 6.07) is 6.71. The van der Waals surface area contributed by atoms with Crippen molar-refractivity contribution in [3.63, 3.8) is 0 Å². The molecular formula is C17H24ClIN2O. The number of aryl methyl sites for hydroxylation is 1. The SMILES string of the molecule is Cc1cccc(C(=O)N2CCC(C3CCCN3)CC2)c1I.Cl. The number of benzene rings is 1. The molecule has 1 aromatic carbocycles. The van der Waals surface area contributed by atoms with E-state index in [9.17, 15) is 4.79 Å². The first-order chi connectivity index (χ1) is 10.2. The van der Waals surface area contributed by atoms with Crippen LogP contribution in [0.5, 0.6) is 0 Å². The van der Waals surface area contributed by atoms with Gasteiger partial charge < -0.3 is 10.2 Å². The third-order valence-corrected chi connectivity index (χ3v) is 6.35. The Hall–Kier alpha value is -0.330. The summed E-state index contributed by atoms with van der Waals surface area (Å²) < 4.78 is 1.10. The van der Waals surface area contributed by atoms with Crippen LogP contribution in [0.3, 0.4) is 0 Å². The summed E-state index contributed by atoms with van der Waals surface area (Å²) in [5.74, 6) is 0.967. The Bertz CT molecular complexity index is 523. The quantitative estimate of drug-likeness (QED) is 0.721. The van der Waals surface area contributed by atoms with E-state index in [1.54, 1.807) is 0 Å². The molecule has 1 amide bonds. The molecule has 1 unspecified atom stereocenters. The lowest BCUT2D eigenvalue weighted by Gasteiger charge is -2.35. The molecule has 2 aliphatic rings. The van der Waals surface area contributed by atoms with Crippen LogP contribution in [-0.4, -0.2) is 36.5 Å². The number of hydrogen-bond donors (Lipinski definition) is 1. The highest BCUT2D eigenvalue weighted by Gasteiger charge is 2.30. The summed E-state index contributed by atoms with van der Waals surface area (Å²) in [5, 5.41) is 3.61. The Morgan fingerprint density at radius 3 is 2.64 bits per heavy atom. The molecule has 0 aliphatic carbocycles. The normalized spacial score (nSPS) is 22.5. The van der Waals surface area contributed by atoms with Crippen LogP contribution in [-0.2, 0) is 0 Å². The number of piperidine rings is 1. The monoisotopic (exact) mass is 434 g/mol. The average Bonchev–Trinajstić information content (AvgIpc) is 3.04. The van der Waals surface area contributed by atoms with Crippen molar-refractivity contribution in [3.05, 3.63) is 32.9 Å². The zero-order valence-corrected chi connectivity index (χ0v) is 16.0. The minimum atomic E-state index is 0. The lowest BCUT2D eigenvalue weighted by atomic mass is 9.88. The van der Waals surface area contributed by atoms with E-state index >= 15 is 0 Å². The summed E-state index contributed by atoms with van der Waals surface area (Å²) in [4.78, 5) is 14.8. The summed E-state index contributed by atoms with van der Waals surface area (Å²) in [5.41, 5.74) is 2.06. The molecule has 3 nitrogen and oxygen atoms in total. The van der Waals surface area contributed by atoms with E-state index in [1.807, 2.05) is 17.0 Å². The lowest BCUT2D eigenvalue weighted by Crippen LogP contribution is -2.43.